The lowest BCUT2D eigenvalue weighted by Gasteiger charge is -2.31. The zero-order valence-electron chi connectivity index (χ0n) is 18.2. The van der Waals surface area contributed by atoms with Gasteiger partial charge in [-0.05, 0) is 42.5 Å². The molecule has 0 atom stereocenters. The number of nitrogens with one attached hydrogen (secondary N) is 1. The van der Waals surface area contributed by atoms with E-state index in [1.807, 2.05) is 4.90 Å². The second-order valence-corrected chi connectivity index (χ2v) is 9.10. The van der Waals surface area contributed by atoms with Crippen LogP contribution >= 0.6 is 0 Å². The maximum atomic E-state index is 13.0. The minimum Gasteiger partial charge on any atom is -0.484 e. The van der Waals surface area contributed by atoms with Crippen molar-refractivity contribution in [3.05, 3.63) is 48.3 Å². The number of anilines is 2. The van der Waals surface area contributed by atoms with Crippen molar-refractivity contribution in [1.82, 2.24) is 4.31 Å². The summed E-state index contributed by atoms with van der Waals surface area (Å²) in [7, 11) is -3.69. The Bertz CT molecular complexity index is 1020. The topological polar surface area (TPSA) is 88.2 Å². The summed E-state index contributed by atoms with van der Waals surface area (Å²) in [6.07, 6.45) is 0. The first kappa shape index (κ1) is 24.0. The number of nitrogens with zero attached hydrogens (tertiary/aromatic N) is 2. The molecule has 3 rings (SSSR count). The molecule has 0 aromatic heterocycles. The molecule has 8 nitrogen and oxygen atoms in total. The lowest BCUT2D eigenvalue weighted by Crippen LogP contribution is -2.37. The van der Waals surface area contributed by atoms with Crippen molar-refractivity contribution >= 4 is 27.3 Å². The number of carbonyl (C=O) groups is 1. The number of sulfonamides is 1. The third-order valence-corrected chi connectivity index (χ3v) is 7.17. The van der Waals surface area contributed by atoms with Gasteiger partial charge in [0.2, 0.25) is 10.0 Å². The summed E-state index contributed by atoms with van der Waals surface area (Å²) in [6, 6.07) is 10.1. The minimum atomic E-state index is -3.69. The number of hydrogen-bond acceptors (Lipinski definition) is 6. The third-order valence-electron chi connectivity index (χ3n) is 5.12. The zero-order chi connectivity index (χ0) is 23.1. The first-order valence-corrected chi connectivity index (χ1v) is 11.9. The van der Waals surface area contributed by atoms with Gasteiger partial charge in [-0.3, -0.25) is 4.79 Å². The second kappa shape index (κ2) is 10.8. The second-order valence-electron chi connectivity index (χ2n) is 7.16. The molecule has 1 fully saturated rings. The normalized spacial score (nSPS) is 14.4. The van der Waals surface area contributed by atoms with Gasteiger partial charge in [0, 0.05) is 26.2 Å². The first-order valence-electron chi connectivity index (χ1n) is 10.5. The van der Waals surface area contributed by atoms with E-state index in [2.05, 4.69) is 5.32 Å². The van der Waals surface area contributed by atoms with Crippen LogP contribution in [0, 0.1) is 5.82 Å². The molecule has 1 heterocycles. The van der Waals surface area contributed by atoms with E-state index in [1.165, 1.54) is 34.6 Å². The maximum absolute atomic E-state index is 13.0. The van der Waals surface area contributed by atoms with Crippen LogP contribution in [-0.2, 0) is 19.6 Å². The maximum Gasteiger partial charge on any atom is 0.262 e. The Balaban J connectivity index is 1.84. The molecule has 0 spiro atoms. The fourth-order valence-corrected chi connectivity index (χ4v) is 4.92. The number of rotatable bonds is 9. The van der Waals surface area contributed by atoms with Gasteiger partial charge in [0.1, 0.15) is 11.6 Å². The van der Waals surface area contributed by atoms with Crippen molar-refractivity contribution in [1.29, 1.82) is 0 Å². The van der Waals surface area contributed by atoms with Crippen LogP contribution in [0.25, 0.3) is 0 Å². The fraction of sp³-hybridized carbons (Fsp3) is 0.409. The predicted octanol–water partition coefficient (Wildman–Crippen LogP) is 2.71. The molecule has 1 N–H and O–H groups in total. The molecule has 10 heteroatoms. The third kappa shape index (κ3) is 5.76. The highest BCUT2D eigenvalue weighted by atomic mass is 32.2. The lowest BCUT2D eigenvalue weighted by molar-refractivity contribution is -0.118. The van der Waals surface area contributed by atoms with Crippen molar-refractivity contribution < 1.29 is 27.1 Å². The summed E-state index contributed by atoms with van der Waals surface area (Å²) in [5.74, 6) is -0.503. The Kier molecular flexibility index (Phi) is 8.05. The Morgan fingerprint density at radius 3 is 2.41 bits per heavy atom. The number of halogens is 1. The number of benzene rings is 2. The molecule has 2 aromatic carbocycles. The van der Waals surface area contributed by atoms with Crippen molar-refractivity contribution in [2.24, 2.45) is 0 Å². The largest absolute Gasteiger partial charge is 0.484 e. The molecule has 0 saturated carbocycles. The number of ether oxygens (including phenoxy) is 2. The highest BCUT2D eigenvalue weighted by molar-refractivity contribution is 7.89. The van der Waals surface area contributed by atoms with E-state index in [9.17, 15) is 17.6 Å². The van der Waals surface area contributed by atoms with Crippen LogP contribution < -0.4 is 15.0 Å². The van der Waals surface area contributed by atoms with Crippen LogP contribution in [0.1, 0.15) is 13.8 Å². The number of hydrogen-bond donors (Lipinski definition) is 1. The Labute approximate surface area is 188 Å². The number of morpholine rings is 1. The smallest absolute Gasteiger partial charge is 0.262 e. The Morgan fingerprint density at radius 1 is 1.12 bits per heavy atom. The summed E-state index contributed by atoms with van der Waals surface area (Å²) in [5.41, 5.74) is 1.09. The highest BCUT2D eigenvalue weighted by Gasteiger charge is 2.24. The molecule has 0 bridgehead atoms. The van der Waals surface area contributed by atoms with E-state index in [0.717, 1.165) is 0 Å². The van der Waals surface area contributed by atoms with Crippen molar-refractivity contribution in [3.8, 4) is 5.75 Å². The molecule has 0 radical (unpaired) electrons. The van der Waals surface area contributed by atoms with Crippen LogP contribution in [0.15, 0.2) is 47.4 Å². The predicted molar refractivity (Wildman–Crippen MR) is 120 cm³/mol. The summed E-state index contributed by atoms with van der Waals surface area (Å²) >= 11 is 0. The molecule has 32 heavy (non-hydrogen) atoms. The first-order chi connectivity index (χ1) is 15.3. The summed E-state index contributed by atoms with van der Waals surface area (Å²) in [6.45, 7) is 6.27. The van der Waals surface area contributed by atoms with Crippen LogP contribution in [0.5, 0.6) is 5.75 Å². The molecule has 1 aliphatic rings. The molecule has 0 unspecified atom stereocenters. The van der Waals surface area contributed by atoms with E-state index in [1.54, 1.807) is 26.0 Å². The molecule has 2 aromatic rings. The molecule has 1 amide bonds. The van der Waals surface area contributed by atoms with E-state index in [4.69, 9.17) is 9.47 Å². The van der Waals surface area contributed by atoms with Crippen LogP contribution in [-0.4, -0.2) is 64.6 Å². The Hall–Kier alpha value is -2.69. The van der Waals surface area contributed by atoms with Gasteiger partial charge in [0.15, 0.2) is 6.61 Å². The van der Waals surface area contributed by atoms with E-state index in [0.29, 0.717) is 56.5 Å². The molecular formula is C22H28FN3O5S. The van der Waals surface area contributed by atoms with Gasteiger partial charge >= 0.3 is 0 Å². The molecule has 1 saturated heterocycles. The quantitative estimate of drug-likeness (QED) is 0.613. The molecule has 0 aliphatic carbocycles. The molecule has 1 aliphatic heterocycles. The van der Waals surface area contributed by atoms with Crippen molar-refractivity contribution in [2.45, 2.75) is 18.7 Å². The number of amides is 1. The average molecular weight is 466 g/mol. The minimum absolute atomic E-state index is 0.105. The van der Waals surface area contributed by atoms with Crippen LogP contribution in [0.3, 0.4) is 0 Å². The molecular weight excluding hydrogens is 437 g/mol. The van der Waals surface area contributed by atoms with E-state index < -0.39 is 21.7 Å². The SMILES string of the molecule is CCN(CC)S(=O)(=O)c1ccc(N2CCOCC2)c(NC(=O)COc2ccc(F)cc2)c1. The van der Waals surface area contributed by atoms with Gasteiger partial charge in [0.05, 0.1) is 29.5 Å². The van der Waals surface area contributed by atoms with E-state index in [-0.39, 0.29) is 11.5 Å². The van der Waals surface area contributed by atoms with Gasteiger partial charge in [-0.2, -0.15) is 4.31 Å². The zero-order valence-corrected chi connectivity index (χ0v) is 19.0. The highest BCUT2D eigenvalue weighted by Crippen LogP contribution is 2.31. The van der Waals surface area contributed by atoms with Gasteiger partial charge in [-0.1, -0.05) is 13.8 Å². The standard InChI is InChI=1S/C22H28FN3O5S/c1-3-26(4-2)32(28,29)19-9-10-21(25-11-13-30-14-12-25)20(15-19)24-22(27)16-31-18-7-5-17(23)6-8-18/h5-10,15H,3-4,11-14,16H2,1-2H3,(H,24,27). The van der Waals surface area contributed by atoms with Crippen LogP contribution in [0.4, 0.5) is 15.8 Å². The lowest BCUT2D eigenvalue weighted by atomic mass is 10.2. The monoisotopic (exact) mass is 465 g/mol. The van der Waals surface area contributed by atoms with E-state index >= 15 is 0 Å². The van der Waals surface area contributed by atoms with Crippen LogP contribution in [0.2, 0.25) is 0 Å². The molecule has 174 valence electrons. The summed E-state index contributed by atoms with van der Waals surface area (Å²) < 4.78 is 51.2. The van der Waals surface area contributed by atoms with Gasteiger partial charge in [-0.15, -0.1) is 0 Å². The van der Waals surface area contributed by atoms with Gasteiger partial charge in [0.25, 0.3) is 5.91 Å². The summed E-state index contributed by atoms with van der Waals surface area (Å²) in [4.78, 5) is 14.7. The number of carbonyl (C=O) groups excluding carboxylic acids is 1. The van der Waals surface area contributed by atoms with Crippen molar-refractivity contribution in [2.75, 3.05) is 56.2 Å². The fourth-order valence-electron chi connectivity index (χ4n) is 3.43. The van der Waals surface area contributed by atoms with Gasteiger partial charge < -0.3 is 19.7 Å². The summed E-state index contributed by atoms with van der Waals surface area (Å²) in [5, 5.41) is 2.77. The van der Waals surface area contributed by atoms with Gasteiger partial charge in [-0.25, -0.2) is 12.8 Å². The Morgan fingerprint density at radius 2 is 1.78 bits per heavy atom. The van der Waals surface area contributed by atoms with Crippen molar-refractivity contribution in [3.63, 3.8) is 0 Å². The average Bonchev–Trinajstić information content (AvgIpc) is 2.80.